The van der Waals surface area contributed by atoms with Crippen LogP contribution in [0, 0.1) is 5.92 Å². The van der Waals surface area contributed by atoms with Gasteiger partial charge in [0.05, 0.1) is 6.33 Å². The van der Waals surface area contributed by atoms with Crippen LogP contribution in [0.5, 0.6) is 0 Å². The molecule has 1 fully saturated rings. The number of rotatable bonds is 4. The number of aromatic nitrogens is 2. The van der Waals surface area contributed by atoms with Crippen LogP contribution in [0.3, 0.4) is 0 Å². The van der Waals surface area contributed by atoms with E-state index in [0.29, 0.717) is 6.54 Å². The van der Waals surface area contributed by atoms with Gasteiger partial charge in [-0.1, -0.05) is 6.42 Å². The first-order chi connectivity index (χ1) is 7.99. The molecule has 0 aromatic carbocycles. The van der Waals surface area contributed by atoms with E-state index in [9.17, 15) is 8.42 Å². The molecule has 6 nitrogen and oxygen atoms in total. The van der Waals surface area contributed by atoms with Gasteiger partial charge in [-0.15, -0.1) is 0 Å². The van der Waals surface area contributed by atoms with Gasteiger partial charge in [-0.3, -0.25) is 0 Å². The highest BCUT2D eigenvalue weighted by Crippen LogP contribution is 2.23. The second-order valence-electron chi connectivity index (χ2n) is 4.58. The van der Waals surface area contributed by atoms with Crippen LogP contribution in [-0.4, -0.2) is 30.6 Å². The lowest BCUT2D eigenvalue weighted by atomic mass is 10.1. The summed E-state index contributed by atoms with van der Waals surface area (Å²) < 4.78 is 27.9. The molecule has 0 radical (unpaired) electrons. The summed E-state index contributed by atoms with van der Waals surface area (Å²) in [7, 11) is -1.75. The molecule has 1 heterocycles. The molecule has 1 saturated carbocycles. The molecule has 3 N–H and O–H groups in total. The Hall–Kier alpha value is -0.920. The topological polar surface area (TPSA) is 90.0 Å². The van der Waals surface area contributed by atoms with E-state index in [0.717, 1.165) is 19.3 Å². The quantitative estimate of drug-likeness (QED) is 0.784. The van der Waals surface area contributed by atoms with Crippen molar-refractivity contribution in [3.05, 3.63) is 12.5 Å². The van der Waals surface area contributed by atoms with E-state index in [1.807, 2.05) is 0 Å². The number of imidazole rings is 1. The van der Waals surface area contributed by atoms with Crippen LogP contribution >= 0.6 is 0 Å². The molecule has 0 amide bonds. The normalized spacial score (nSPS) is 25.3. The number of nitrogens with two attached hydrogens (primary N) is 1. The summed E-state index contributed by atoms with van der Waals surface area (Å²) in [5, 5.41) is 0.0616. The lowest BCUT2D eigenvalue weighted by molar-refractivity contribution is 0.469. The van der Waals surface area contributed by atoms with Gasteiger partial charge in [0.2, 0.25) is 0 Å². The van der Waals surface area contributed by atoms with E-state index in [2.05, 4.69) is 9.71 Å². The standard InChI is InChI=1S/C10H18N4O2S/c1-14-6-10(12-7-14)17(15,16)13-5-8-3-2-4-9(8)11/h6-9,13H,2-5,11H2,1H3. The summed E-state index contributed by atoms with van der Waals surface area (Å²) in [5.74, 6) is 0.244. The van der Waals surface area contributed by atoms with E-state index in [-0.39, 0.29) is 17.0 Å². The fourth-order valence-corrected chi connectivity index (χ4v) is 3.21. The average Bonchev–Trinajstić information content (AvgIpc) is 2.85. The Labute approximate surface area is 101 Å². The Morgan fingerprint density at radius 3 is 2.88 bits per heavy atom. The predicted molar refractivity (Wildman–Crippen MR) is 63.7 cm³/mol. The molecule has 17 heavy (non-hydrogen) atoms. The van der Waals surface area contributed by atoms with Gasteiger partial charge in [-0.25, -0.2) is 18.1 Å². The molecule has 0 bridgehead atoms. The molecule has 1 aromatic rings. The Kier molecular flexibility index (Phi) is 3.50. The molecule has 1 aliphatic carbocycles. The van der Waals surface area contributed by atoms with E-state index in [1.165, 1.54) is 12.5 Å². The molecule has 2 atom stereocenters. The van der Waals surface area contributed by atoms with Gasteiger partial charge in [0.15, 0.2) is 5.03 Å². The lowest BCUT2D eigenvalue weighted by Crippen LogP contribution is -2.36. The SMILES string of the molecule is Cn1cnc(S(=O)(=O)NCC2CCCC2N)c1. The van der Waals surface area contributed by atoms with E-state index in [4.69, 9.17) is 5.73 Å². The summed E-state index contributed by atoms with van der Waals surface area (Å²) in [6.45, 7) is 0.403. The smallest absolute Gasteiger partial charge is 0.259 e. The summed E-state index contributed by atoms with van der Waals surface area (Å²) in [6.07, 6.45) is 6.01. The highest BCUT2D eigenvalue weighted by molar-refractivity contribution is 7.89. The van der Waals surface area contributed by atoms with Crippen molar-refractivity contribution >= 4 is 10.0 Å². The van der Waals surface area contributed by atoms with Crippen molar-refractivity contribution in [1.29, 1.82) is 0 Å². The first-order valence-corrected chi connectivity index (χ1v) is 7.20. The third-order valence-electron chi connectivity index (χ3n) is 3.21. The van der Waals surface area contributed by atoms with Crippen molar-refractivity contribution in [1.82, 2.24) is 14.3 Å². The summed E-state index contributed by atoms with van der Waals surface area (Å²) in [4.78, 5) is 3.83. The molecule has 0 spiro atoms. The third-order valence-corrected chi connectivity index (χ3v) is 4.52. The lowest BCUT2D eigenvalue weighted by Gasteiger charge is -2.15. The van der Waals surface area contributed by atoms with Gasteiger partial charge in [0.1, 0.15) is 0 Å². The highest BCUT2D eigenvalue weighted by atomic mass is 32.2. The second kappa shape index (κ2) is 4.75. The minimum Gasteiger partial charge on any atom is -0.339 e. The van der Waals surface area contributed by atoms with Crippen LogP contribution in [0.1, 0.15) is 19.3 Å². The zero-order chi connectivity index (χ0) is 12.5. The Morgan fingerprint density at radius 2 is 2.35 bits per heavy atom. The molecular formula is C10H18N4O2S. The van der Waals surface area contributed by atoms with Crippen molar-refractivity contribution in [2.45, 2.75) is 30.3 Å². The van der Waals surface area contributed by atoms with Crippen molar-refractivity contribution in [3.63, 3.8) is 0 Å². The Bertz CT molecular complexity index is 482. The zero-order valence-electron chi connectivity index (χ0n) is 9.83. The molecular weight excluding hydrogens is 240 g/mol. The minimum atomic E-state index is -3.49. The molecule has 0 aliphatic heterocycles. The first kappa shape index (κ1) is 12.5. The van der Waals surface area contributed by atoms with E-state index < -0.39 is 10.0 Å². The Balaban J connectivity index is 1.98. The van der Waals surface area contributed by atoms with Gasteiger partial charge < -0.3 is 10.3 Å². The fourth-order valence-electron chi connectivity index (χ4n) is 2.14. The van der Waals surface area contributed by atoms with Gasteiger partial charge in [0, 0.05) is 25.8 Å². The van der Waals surface area contributed by atoms with Crippen molar-refractivity contribution in [2.24, 2.45) is 18.7 Å². The number of hydrogen-bond acceptors (Lipinski definition) is 4. The van der Waals surface area contributed by atoms with Crippen molar-refractivity contribution in [2.75, 3.05) is 6.54 Å². The van der Waals surface area contributed by atoms with Crippen molar-refractivity contribution in [3.8, 4) is 0 Å². The van der Waals surface area contributed by atoms with E-state index >= 15 is 0 Å². The number of nitrogens with zero attached hydrogens (tertiary/aromatic N) is 2. The maximum atomic E-state index is 11.9. The molecule has 96 valence electrons. The third kappa shape index (κ3) is 2.85. The fraction of sp³-hybridized carbons (Fsp3) is 0.700. The molecule has 7 heteroatoms. The van der Waals surface area contributed by atoms with Crippen LogP contribution in [0.15, 0.2) is 17.6 Å². The number of sulfonamides is 1. The van der Waals surface area contributed by atoms with Crippen LogP contribution in [0.2, 0.25) is 0 Å². The monoisotopic (exact) mass is 258 g/mol. The second-order valence-corrected chi connectivity index (χ2v) is 6.30. The Morgan fingerprint density at radius 1 is 1.59 bits per heavy atom. The van der Waals surface area contributed by atoms with E-state index in [1.54, 1.807) is 11.6 Å². The molecule has 2 rings (SSSR count). The van der Waals surface area contributed by atoms with Gasteiger partial charge in [-0.05, 0) is 18.8 Å². The summed E-state index contributed by atoms with van der Waals surface area (Å²) in [6, 6.07) is 0.112. The van der Waals surface area contributed by atoms with Crippen LogP contribution < -0.4 is 10.5 Å². The maximum absolute atomic E-state index is 11.9. The first-order valence-electron chi connectivity index (χ1n) is 5.72. The van der Waals surface area contributed by atoms with Crippen LogP contribution in [0.4, 0.5) is 0 Å². The van der Waals surface area contributed by atoms with Crippen LogP contribution in [0.25, 0.3) is 0 Å². The minimum absolute atomic E-state index is 0.0616. The van der Waals surface area contributed by atoms with Gasteiger partial charge in [0.25, 0.3) is 10.0 Å². The number of nitrogens with one attached hydrogen (secondary N) is 1. The van der Waals surface area contributed by atoms with Crippen LogP contribution in [-0.2, 0) is 17.1 Å². The molecule has 2 unspecified atom stereocenters. The van der Waals surface area contributed by atoms with Gasteiger partial charge in [-0.2, -0.15) is 0 Å². The molecule has 1 aliphatic rings. The zero-order valence-corrected chi connectivity index (χ0v) is 10.7. The highest BCUT2D eigenvalue weighted by Gasteiger charge is 2.26. The maximum Gasteiger partial charge on any atom is 0.259 e. The van der Waals surface area contributed by atoms with Gasteiger partial charge >= 0.3 is 0 Å². The summed E-state index contributed by atoms with van der Waals surface area (Å²) in [5.41, 5.74) is 5.90. The molecule has 0 saturated heterocycles. The number of aryl methyl sites for hydroxylation is 1. The molecule has 1 aromatic heterocycles. The summed E-state index contributed by atoms with van der Waals surface area (Å²) >= 11 is 0. The number of hydrogen-bond donors (Lipinski definition) is 2. The average molecular weight is 258 g/mol. The van der Waals surface area contributed by atoms with Crippen molar-refractivity contribution < 1.29 is 8.42 Å². The predicted octanol–water partition coefficient (Wildman–Crippen LogP) is -0.174. The largest absolute Gasteiger partial charge is 0.339 e.